The van der Waals surface area contributed by atoms with Crippen LogP contribution >= 0.6 is 0 Å². The maximum absolute atomic E-state index is 5.41. The van der Waals surface area contributed by atoms with Crippen molar-refractivity contribution in [3.63, 3.8) is 0 Å². The van der Waals surface area contributed by atoms with E-state index < -0.39 is 0 Å². The minimum Gasteiger partial charge on any atom is -0.494 e. The van der Waals surface area contributed by atoms with E-state index in [9.17, 15) is 0 Å². The Kier molecular flexibility index (Phi) is 3.56. The van der Waals surface area contributed by atoms with Gasteiger partial charge in [0.05, 0.1) is 6.61 Å². The number of rotatable bonds is 3. The van der Waals surface area contributed by atoms with Gasteiger partial charge in [0.2, 0.25) is 0 Å². The summed E-state index contributed by atoms with van der Waals surface area (Å²) in [7, 11) is 0. The molecule has 0 N–H and O–H groups in total. The lowest BCUT2D eigenvalue weighted by atomic mass is 10.1. The minimum absolute atomic E-state index is 0.721. The van der Waals surface area contributed by atoms with E-state index in [4.69, 9.17) is 4.74 Å². The molecule has 0 aliphatic heterocycles. The van der Waals surface area contributed by atoms with Crippen LogP contribution in [-0.4, -0.2) is 6.61 Å². The standard InChI is InChI=1S/C12H16O/c1-4-10(3)11-7-6-8-12(9-11)13-5-2/h4,6-9H,5H2,1-3H3. The topological polar surface area (TPSA) is 9.23 Å². The van der Waals surface area contributed by atoms with Crippen LogP contribution in [0.4, 0.5) is 0 Å². The van der Waals surface area contributed by atoms with Crippen molar-refractivity contribution in [2.24, 2.45) is 0 Å². The monoisotopic (exact) mass is 176 g/mol. The summed E-state index contributed by atoms with van der Waals surface area (Å²) in [5.41, 5.74) is 2.51. The van der Waals surface area contributed by atoms with Crippen molar-refractivity contribution in [3.8, 4) is 5.75 Å². The molecular weight excluding hydrogens is 160 g/mol. The first-order chi connectivity index (χ1) is 6.27. The average molecular weight is 176 g/mol. The molecule has 0 aliphatic rings. The second-order valence-electron chi connectivity index (χ2n) is 2.93. The van der Waals surface area contributed by atoms with Gasteiger partial charge >= 0.3 is 0 Å². The highest BCUT2D eigenvalue weighted by Gasteiger charge is 1.96. The summed E-state index contributed by atoms with van der Waals surface area (Å²) >= 11 is 0. The van der Waals surface area contributed by atoms with E-state index in [1.807, 2.05) is 26.0 Å². The van der Waals surface area contributed by atoms with E-state index in [2.05, 4.69) is 25.1 Å². The summed E-state index contributed by atoms with van der Waals surface area (Å²) < 4.78 is 5.41. The molecule has 1 heteroatoms. The van der Waals surface area contributed by atoms with E-state index in [1.54, 1.807) is 0 Å². The molecule has 0 unspecified atom stereocenters. The zero-order valence-corrected chi connectivity index (χ0v) is 8.50. The minimum atomic E-state index is 0.721. The van der Waals surface area contributed by atoms with Gasteiger partial charge in [-0.1, -0.05) is 18.2 Å². The van der Waals surface area contributed by atoms with E-state index in [1.165, 1.54) is 11.1 Å². The molecule has 0 bridgehead atoms. The predicted octanol–water partition coefficient (Wildman–Crippen LogP) is 3.51. The maximum atomic E-state index is 5.41. The van der Waals surface area contributed by atoms with Gasteiger partial charge in [0.15, 0.2) is 0 Å². The van der Waals surface area contributed by atoms with Crippen molar-refractivity contribution in [3.05, 3.63) is 35.9 Å². The Bertz CT molecular complexity index is 300. The van der Waals surface area contributed by atoms with Crippen molar-refractivity contribution >= 4 is 5.57 Å². The molecule has 70 valence electrons. The molecule has 0 aliphatic carbocycles. The highest BCUT2D eigenvalue weighted by molar-refractivity contribution is 5.64. The maximum Gasteiger partial charge on any atom is 0.119 e. The van der Waals surface area contributed by atoms with Gasteiger partial charge in [0.25, 0.3) is 0 Å². The van der Waals surface area contributed by atoms with Crippen LogP contribution in [0, 0.1) is 0 Å². The van der Waals surface area contributed by atoms with Gasteiger partial charge in [0, 0.05) is 0 Å². The first-order valence-corrected chi connectivity index (χ1v) is 4.64. The average Bonchev–Trinajstić information content (AvgIpc) is 2.18. The summed E-state index contributed by atoms with van der Waals surface area (Å²) in [4.78, 5) is 0. The van der Waals surface area contributed by atoms with Crippen molar-refractivity contribution < 1.29 is 4.74 Å². The summed E-state index contributed by atoms with van der Waals surface area (Å²) in [5.74, 6) is 0.946. The molecule has 0 amide bonds. The first kappa shape index (κ1) is 9.85. The Balaban J connectivity index is 2.91. The second-order valence-corrected chi connectivity index (χ2v) is 2.93. The first-order valence-electron chi connectivity index (χ1n) is 4.64. The van der Waals surface area contributed by atoms with Crippen LogP contribution in [-0.2, 0) is 0 Å². The molecule has 1 nitrogen and oxygen atoms in total. The summed E-state index contributed by atoms with van der Waals surface area (Å²) in [5, 5.41) is 0. The summed E-state index contributed by atoms with van der Waals surface area (Å²) in [6.45, 7) is 6.86. The third kappa shape index (κ3) is 2.62. The third-order valence-electron chi connectivity index (χ3n) is 2.03. The predicted molar refractivity (Wildman–Crippen MR) is 56.9 cm³/mol. The fourth-order valence-electron chi connectivity index (χ4n) is 1.16. The Labute approximate surface area is 80.0 Å². The molecule has 0 aromatic heterocycles. The third-order valence-corrected chi connectivity index (χ3v) is 2.03. The number of benzene rings is 1. The number of hydrogen-bond donors (Lipinski definition) is 0. The molecular formula is C12H16O. The fourth-order valence-corrected chi connectivity index (χ4v) is 1.16. The molecule has 1 aromatic carbocycles. The van der Waals surface area contributed by atoms with Gasteiger partial charge in [0.1, 0.15) is 5.75 Å². The van der Waals surface area contributed by atoms with Crippen LogP contribution in [0.1, 0.15) is 26.3 Å². The van der Waals surface area contributed by atoms with Crippen molar-refractivity contribution in [1.82, 2.24) is 0 Å². The van der Waals surface area contributed by atoms with Gasteiger partial charge < -0.3 is 4.74 Å². The lowest BCUT2D eigenvalue weighted by molar-refractivity contribution is 0.340. The van der Waals surface area contributed by atoms with E-state index in [-0.39, 0.29) is 0 Å². The second kappa shape index (κ2) is 4.70. The zero-order chi connectivity index (χ0) is 9.68. The Morgan fingerprint density at radius 1 is 1.46 bits per heavy atom. The molecule has 0 heterocycles. The van der Waals surface area contributed by atoms with Crippen LogP contribution in [0.2, 0.25) is 0 Å². The molecule has 0 saturated heterocycles. The Morgan fingerprint density at radius 3 is 2.85 bits per heavy atom. The molecule has 0 atom stereocenters. The molecule has 1 rings (SSSR count). The van der Waals surface area contributed by atoms with E-state index >= 15 is 0 Å². The molecule has 0 saturated carbocycles. The quantitative estimate of drug-likeness (QED) is 0.684. The van der Waals surface area contributed by atoms with Gasteiger partial charge in [-0.15, -0.1) is 0 Å². The molecule has 0 fully saturated rings. The largest absolute Gasteiger partial charge is 0.494 e. The van der Waals surface area contributed by atoms with Crippen LogP contribution in [0.5, 0.6) is 5.75 Å². The van der Waals surface area contributed by atoms with Crippen LogP contribution < -0.4 is 4.74 Å². The smallest absolute Gasteiger partial charge is 0.119 e. The van der Waals surface area contributed by atoms with Crippen molar-refractivity contribution in [2.45, 2.75) is 20.8 Å². The van der Waals surface area contributed by atoms with E-state index in [0.717, 1.165) is 12.4 Å². The van der Waals surface area contributed by atoms with Crippen LogP contribution in [0.3, 0.4) is 0 Å². The Morgan fingerprint density at radius 2 is 2.23 bits per heavy atom. The highest BCUT2D eigenvalue weighted by Crippen LogP contribution is 2.19. The molecule has 1 aromatic rings. The summed E-state index contributed by atoms with van der Waals surface area (Å²) in [6.07, 6.45) is 2.10. The fraction of sp³-hybridized carbons (Fsp3) is 0.333. The molecule has 13 heavy (non-hydrogen) atoms. The van der Waals surface area contributed by atoms with Gasteiger partial charge in [-0.05, 0) is 44.0 Å². The van der Waals surface area contributed by atoms with Gasteiger partial charge in [-0.2, -0.15) is 0 Å². The zero-order valence-electron chi connectivity index (χ0n) is 8.50. The van der Waals surface area contributed by atoms with Crippen LogP contribution in [0.25, 0.3) is 5.57 Å². The molecule has 0 spiro atoms. The molecule has 0 radical (unpaired) electrons. The van der Waals surface area contributed by atoms with Crippen LogP contribution in [0.15, 0.2) is 30.3 Å². The SMILES string of the molecule is CC=C(C)c1cccc(OCC)c1. The highest BCUT2D eigenvalue weighted by atomic mass is 16.5. The lowest BCUT2D eigenvalue weighted by Crippen LogP contribution is -1.91. The normalized spacial score (nSPS) is 11.5. The summed E-state index contributed by atoms with van der Waals surface area (Å²) in [6, 6.07) is 8.17. The number of allylic oxidation sites excluding steroid dienone is 2. The Hall–Kier alpha value is -1.24. The van der Waals surface area contributed by atoms with Gasteiger partial charge in [-0.3, -0.25) is 0 Å². The van der Waals surface area contributed by atoms with Crippen molar-refractivity contribution in [2.75, 3.05) is 6.61 Å². The van der Waals surface area contributed by atoms with Gasteiger partial charge in [-0.25, -0.2) is 0 Å². The lowest BCUT2D eigenvalue weighted by Gasteiger charge is -2.05. The van der Waals surface area contributed by atoms with Crippen molar-refractivity contribution in [1.29, 1.82) is 0 Å². The van der Waals surface area contributed by atoms with E-state index in [0.29, 0.717) is 0 Å². The number of hydrogen-bond acceptors (Lipinski definition) is 1. The number of ether oxygens (including phenoxy) is 1.